The fraction of sp³-hybridized carbons (Fsp3) is 0.957. The van der Waals surface area contributed by atoms with Crippen molar-refractivity contribution in [2.45, 2.75) is 567 Å². The topological polar surface area (TPSA) is 13.0 Å². The lowest BCUT2D eigenvalue weighted by molar-refractivity contribution is 0.0285. The van der Waals surface area contributed by atoms with Gasteiger partial charge in [-0.2, -0.15) is 0 Å². The molecule has 2 unspecified atom stereocenters. The van der Waals surface area contributed by atoms with Crippen molar-refractivity contribution < 1.29 is 0 Å². The summed E-state index contributed by atoms with van der Waals surface area (Å²) >= 11 is 0. The molecule has 7 fully saturated rings. The Morgan fingerprint density at radius 1 is 0.175 bits per heavy atom. The van der Waals surface area contributed by atoms with Crippen LogP contribution < -0.4 is 0 Å². The van der Waals surface area contributed by atoms with E-state index in [2.05, 4.69) is 37.8 Å². The van der Waals surface area contributed by atoms with Crippen molar-refractivity contribution >= 4 is 0 Å². The standard InChI is InChI=1S/C93H170N4/c1-2-9-21-34-58-82(59-35-22-10-3-1)94(83-60-36-23-11-4-5-12-24-37-61-83)88-70-46-33-47-71-89(73-49-48-72-88)97(93-80-56-52-76-91(77-53-57-81-93)96(86-66-42-29-17-18-30-43-67-86)87-68-44-31-19-20-32-45-69-87)92-78-54-50-74-90(75-51-55-79-92)95(85-64-40-27-15-8-16-28-41-65-85)84-62-38-25-13-6-7-14-26-39-63-84/h48,62,72,82-83,85-93H,1-47,49-61,63-71,73-81H2. The predicted molar refractivity (Wildman–Crippen MR) is 426 cm³/mol. The summed E-state index contributed by atoms with van der Waals surface area (Å²) in [4.78, 5) is 13.5. The van der Waals surface area contributed by atoms with E-state index in [4.69, 9.17) is 0 Å². The molecule has 562 valence electrons. The molecule has 0 radical (unpaired) electrons. The minimum atomic E-state index is 0.646. The molecule has 0 aliphatic heterocycles. The first-order valence-electron chi connectivity index (χ1n) is 46.8. The molecule has 4 heteroatoms. The van der Waals surface area contributed by atoms with Gasteiger partial charge in [0.2, 0.25) is 0 Å². The van der Waals surface area contributed by atoms with Gasteiger partial charge in [0, 0.05) is 72.2 Å². The summed E-state index contributed by atoms with van der Waals surface area (Å²) in [5.74, 6) is 0. The summed E-state index contributed by atoms with van der Waals surface area (Å²) in [6.07, 6.45) is 123. The molecule has 0 heterocycles. The number of hydrogen-bond donors (Lipinski definition) is 0. The van der Waals surface area contributed by atoms with Gasteiger partial charge in [-0.1, -0.05) is 352 Å². The number of nitrogens with zero attached hydrogens (tertiary/aromatic N) is 4. The van der Waals surface area contributed by atoms with Crippen LogP contribution in [0.4, 0.5) is 0 Å². The number of hydrogen-bond acceptors (Lipinski definition) is 4. The molecule has 0 saturated heterocycles. The van der Waals surface area contributed by atoms with E-state index in [1.54, 1.807) is 0 Å². The molecule has 0 spiro atoms. The van der Waals surface area contributed by atoms with E-state index in [1.165, 1.54) is 501 Å². The second kappa shape index (κ2) is 51.4. The Bertz CT molecular complexity index is 1840. The zero-order valence-electron chi connectivity index (χ0n) is 65.5. The SMILES string of the molecule is C1=CC(N(C2CCCCCCCCCCC2)C2CCCCCCCCCC2)CCCCCC(N(C2CCCCC(N(C3=CCCCCCCCCC3)C3CCCCCCCCC3)CCCC2)C2CCCCC(N(C3CCCCCCCC3)C3CCCCCCCC3)CCCC2)CC1. The van der Waals surface area contributed by atoms with Crippen LogP contribution in [0.3, 0.4) is 0 Å². The zero-order valence-corrected chi connectivity index (χ0v) is 65.5. The van der Waals surface area contributed by atoms with Crippen molar-refractivity contribution in [3.05, 3.63) is 23.9 Å². The Balaban J connectivity index is 0.964. The van der Waals surface area contributed by atoms with Crippen molar-refractivity contribution in [1.82, 2.24) is 19.6 Å². The lowest BCUT2D eigenvalue weighted by Gasteiger charge is -2.47. The van der Waals surface area contributed by atoms with Crippen molar-refractivity contribution in [3.8, 4) is 0 Å². The van der Waals surface area contributed by atoms with Crippen LogP contribution in [0.1, 0.15) is 501 Å². The fourth-order valence-corrected chi connectivity index (χ4v) is 23.0. The summed E-state index contributed by atoms with van der Waals surface area (Å²) in [5.41, 5.74) is 1.84. The molecule has 2 atom stereocenters. The first-order valence-corrected chi connectivity index (χ1v) is 46.8. The van der Waals surface area contributed by atoms with Crippen LogP contribution in [0.25, 0.3) is 0 Å². The Morgan fingerprint density at radius 3 is 0.680 bits per heavy atom. The van der Waals surface area contributed by atoms with Gasteiger partial charge in [-0.05, 0) is 167 Å². The second-order valence-electron chi connectivity index (χ2n) is 36.0. The summed E-state index contributed by atoms with van der Waals surface area (Å²) in [6, 6.07) is 8.63. The molecular formula is C93H170N4. The van der Waals surface area contributed by atoms with E-state index >= 15 is 0 Å². The Kier molecular flexibility index (Phi) is 42.5. The van der Waals surface area contributed by atoms with Crippen LogP contribution in [-0.2, 0) is 0 Å². The van der Waals surface area contributed by atoms with E-state index < -0.39 is 0 Å². The van der Waals surface area contributed by atoms with Crippen LogP contribution >= 0.6 is 0 Å². The minimum Gasteiger partial charge on any atom is -0.369 e. The first kappa shape index (κ1) is 80.3. The largest absolute Gasteiger partial charge is 0.369 e. The smallest absolute Gasteiger partial charge is 0.0289 e. The number of rotatable bonds is 12. The van der Waals surface area contributed by atoms with E-state index in [-0.39, 0.29) is 0 Å². The molecule has 9 aliphatic carbocycles. The highest BCUT2D eigenvalue weighted by molar-refractivity contribution is 5.07. The van der Waals surface area contributed by atoms with E-state index in [9.17, 15) is 0 Å². The quantitative estimate of drug-likeness (QED) is 0.181. The van der Waals surface area contributed by atoms with Crippen LogP contribution in [0, 0.1) is 0 Å². The molecule has 0 aromatic carbocycles. The maximum atomic E-state index is 3.49. The van der Waals surface area contributed by atoms with Gasteiger partial charge in [0.25, 0.3) is 0 Å². The van der Waals surface area contributed by atoms with Gasteiger partial charge in [0.15, 0.2) is 0 Å². The molecule has 0 bridgehead atoms. The third-order valence-electron chi connectivity index (χ3n) is 28.4. The average molecular weight is 1340 g/mol. The molecule has 7 saturated carbocycles. The van der Waals surface area contributed by atoms with Crippen LogP contribution in [0.15, 0.2) is 23.9 Å². The summed E-state index contributed by atoms with van der Waals surface area (Å²) in [5, 5.41) is 0. The molecule has 0 aromatic heterocycles. The maximum absolute atomic E-state index is 3.49. The normalized spacial score (nSPS) is 30.6. The molecule has 0 N–H and O–H groups in total. The third kappa shape index (κ3) is 30.6. The average Bonchev–Trinajstić information content (AvgIpc) is 1.46. The highest BCUT2D eigenvalue weighted by atomic mass is 15.2. The van der Waals surface area contributed by atoms with Gasteiger partial charge in [-0.15, -0.1) is 0 Å². The Labute approximate surface area is 607 Å². The molecule has 97 heavy (non-hydrogen) atoms. The van der Waals surface area contributed by atoms with Crippen LogP contribution in [0.5, 0.6) is 0 Å². The second-order valence-corrected chi connectivity index (χ2v) is 36.0. The highest BCUT2D eigenvalue weighted by Gasteiger charge is 2.38. The van der Waals surface area contributed by atoms with Crippen LogP contribution in [0.2, 0.25) is 0 Å². The molecule has 9 aliphatic rings. The van der Waals surface area contributed by atoms with E-state index in [0.717, 1.165) is 60.4 Å². The predicted octanol–water partition coefficient (Wildman–Crippen LogP) is 29.2. The third-order valence-corrected chi connectivity index (χ3v) is 28.4. The van der Waals surface area contributed by atoms with Gasteiger partial charge in [-0.25, -0.2) is 0 Å². The maximum Gasteiger partial charge on any atom is 0.0289 e. The summed E-state index contributed by atoms with van der Waals surface area (Å²) < 4.78 is 0. The first-order chi connectivity index (χ1) is 48.3. The molecule has 9 rings (SSSR count). The van der Waals surface area contributed by atoms with Gasteiger partial charge < -0.3 is 4.90 Å². The fourth-order valence-electron chi connectivity index (χ4n) is 23.0. The van der Waals surface area contributed by atoms with Crippen LogP contribution in [-0.4, -0.2) is 86.1 Å². The molecule has 0 aromatic rings. The molecular weight excluding hydrogens is 1170 g/mol. The van der Waals surface area contributed by atoms with Crippen molar-refractivity contribution in [3.63, 3.8) is 0 Å². The van der Waals surface area contributed by atoms with Crippen molar-refractivity contribution in [2.24, 2.45) is 0 Å². The minimum absolute atomic E-state index is 0.646. The summed E-state index contributed by atoms with van der Waals surface area (Å²) in [7, 11) is 0. The number of allylic oxidation sites excluding steroid dienone is 3. The lowest BCUT2D eigenvalue weighted by atomic mass is 9.85. The van der Waals surface area contributed by atoms with Crippen molar-refractivity contribution in [2.75, 3.05) is 0 Å². The highest BCUT2D eigenvalue weighted by Crippen LogP contribution is 2.41. The van der Waals surface area contributed by atoms with Gasteiger partial charge >= 0.3 is 0 Å². The Hall–Kier alpha value is -0.840. The van der Waals surface area contributed by atoms with Gasteiger partial charge in [-0.3, -0.25) is 14.7 Å². The molecule has 0 amide bonds. The van der Waals surface area contributed by atoms with Gasteiger partial charge in [0.1, 0.15) is 0 Å². The Morgan fingerprint density at radius 2 is 0.381 bits per heavy atom. The van der Waals surface area contributed by atoms with E-state index in [0.29, 0.717) is 6.04 Å². The molecule has 4 nitrogen and oxygen atoms in total. The monoisotopic (exact) mass is 1340 g/mol. The summed E-state index contributed by atoms with van der Waals surface area (Å²) in [6.45, 7) is 0. The lowest BCUT2D eigenvalue weighted by Crippen LogP contribution is -2.51. The zero-order chi connectivity index (χ0) is 66.5. The van der Waals surface area contributed by atoms with Crippen molar-refractivity contribution in [1.29, 1.82) is 0 Å². The van der Waals surface area contributed by atoms with Gasteiger partial charge in [0.05, 0.1) is 0 Å². The van der Waals surface area contributed by atoms with E-state index in [1.807, 2.05) is 5.70 Å².